The summed E-state index contributed by atoms with van der Waals surface area (Å²) < 4.78 is 8.55. The first-order valence-electron chi connectivity index (χ1n) is 9.64. The number of aromatic nitrogens is 3. The highest BCUT2D eigenvalue weighted by Crippen LogP contribution is 2.19. The Labute approximate surface area is 195 Å². The number of amides is 1. The minimum absolute atomic E-state index is 0.149. The van der Waals surface area contributed by atoms with Gasteiger partial charge in [-0.25, -0.2) is 9.78 Å². The summed E-state index contributed by atoms with van der Waals surface area (Å²) in [4.78, 5) is 43.4. The average Bonchev–Trinajstić information content (AvgIpc) is 3.26. The molecule has 1 aromatic carbocycles. The molecule has 0 saturated heterocycles. The number of hydrogen-bond acceptors (Lipinski definition) is 6. The van der Waals surface area contributed by atoms with Crippen LogP contribution in [0.3, 0.4) is 0 Å². The lowest BCUT2D eigenvalue weighted by atomic mass is 10.2. The number of pyridine rings is 1. The van der Waals surface area contributed by atoms with Crippen molar-refractivity contribution in [2.24, 2.45) is 0 Å². The summed E-state index contributed by atoms with van der Waals surface area (Å²) >= 11 is 4.49. The Morgan fingerprint density at radius 2 is 1.94 bits per heavy atom. The van der Waals surface area contributed by atoms with Gasteiger partial charge in [0.25, 0.3) is 11.5 Å². The maximum absolute atomic E-state index is 13.0. The lowest BCUT2D eigenvalue weighted by molar-refractivity contribution is 0.0954. The van der Waals surface area contributed by atoms with Crippen LogP contribution < -0.4 is 21.3 Å². The van der Waals surface area contributed by atoms with Crippen molar-refractivity contribution in [3.63, 3.8) is 0 Å². The highest BCUT2D eigenvalue weighted by molar-refractivity contribution is 9.10. The van der Waals surface area contributed by atoms with Gasteiger partial charge in [-0.05, 0) is 36.2 Å². The number of carbonyl (C=O) groups is 1. The van der Waals surface area contributed by atoms with Gasteiger partial charge in [0, 0.05) is 35.0 Å². The van der Waals surface area contributed by atoms with E-state index in [2.05, 4.69) is 26.2 Å². The lowest BCUT2D eigenvalue weighted by Gasteiger charge is -2.07. The summed E-state index contributed by atoms with van der Waals surface area (Å²) in [5.74, 6) is 0.124. The largest absolute Gasteiger partial charge is 0.481 e. The van der Waals surface area contributed by atoms with E-state index in [9.17, 15) is 14.4 Å². The normalized spacial score (nSPS) is 11.0. The molecule has 3 heterocycles. The zero-order valence-corrected chi connectivity index (χ0v) is 19.7. The molecule has 4 rings (SSSR count). The highest BCUT2D eigenvalue weighted by Gasteiger charge is 2.17. The molecular formula is C22H19BrN4O4S. The standard InChI is InChI=1S/C22H19BrN4O4S/c1-13-20(29)26(11-14-3-5-16(23)6-4-14)22(30)27-12-17(32-21(13)27)19(28)25-10-15-7-8-24-18(9-15)31-2/h3-9,12H,10-11H2,1-2H3,(H,25,28). The van der Waals surface area contributed by atoms with Gasteiger partial charge < -0.3 is 10.1 Å². The number of methoxy groups -OCH3 is 1. The Balaban J connectivity index is 1.63. The van der Waals surface area contributed by atoms with Crippen molar-refractivity contribution in [2.45, 2.75) is 20.0 Å². The molecule has 8 nitrogen and oxygen atoms in total. The molecule has 0 aliphatic rings. The molecule has 4 aromatic rings. The molecule has 0 fully saturated rings. The fourth-order valence-electron chi connectivity index (χ4n) is 3.22. The Morgan fingerprint density at radius 1 is 1.19 bits per heavy atom. The predicted octanol–water partition coefficient (Wildman–Crippen LogP) is 2.98. The van der Waals surface area contributed by atoms with Gasteiger partial charge >= 0.3 is 5.69 Å². The van der Waals surface area contributed by atoms with E-state index in [0.29, 0.717) is 21.2 Å². The van der Waals surface area contributed by atoms with Crippen LogP contribution in [0.4, 0.5) is 0 Å². The first-order chi connectivity index (χ1) is 15.4. The molecule has 164 valence electrons. The summed E-state index contributed by atoms with van der Waals surface area (Å²) in [6.45, 7) is 2.09. The molecule has 32 heavy (non-hydrogen) atoms. The number of halogens is 1. The van der Waals surface area contributed by atoms with Crippen molar-refractivity contribution in [2.75, 3.05) is 7.11 Å². The first-order valence-corrected chi connectivity index (χ1v) is 11.3. The van der Waals surface area contributed by atoms with E-state index in [-0.39, 0.29) is 24.6 Å². The van der Waals surface area contributed by atoms with E-state index in [1.165, 1.54) is 22.3 Å². The van der Waals surface area contributed by atoms with Gasteiger partial charge in [-0.15, -0.1) is 11.3 Å². The van der Waals surface area contributed by atoms with Crippen molar-refractivity contribution in [3.05, 3.63) is 95.7 Å². The van der Waals surface area contributed by atoms with Gasteiger partial charge in [-0.2, -0.15) is 0 Å². The molecule has 0 aliphatic heterocycles. The van der Waals surface area contributed by atoms with Gasteiger partial charge in [0.05, 0.1) is 13.7 Å². The van der Waals surface area contributed by atoms with Crippen molar-refractivity contribution in [1.82, 2.24) is 19.3 Å². The minimum Gasteiger partial charge on any atom is -0.481 e. The van der Waals surface area contributed by atoms with Crippen LogP contribution in [-0.2, 0) is 13.1 Å². The summed E-state index contributed by atoms with van der Waals surface area (Å²) in [5, 5.41) is 2.82. The number of carbonyl (C=O) groups excluding carboxylic acids is 1. The van der Waals surface area contributed by atoms with Crippen LogP contribution in [0.2, 0.25) is 0 Å². The van der Waals surface area contributed by atoms with Crippen LogP contribution in [-0.4, -0.2) is 27.0 Å². The molecule has 3 aromatic heterocycles. The SMILES string of the molecule is COc1cc(CNC(=O)c2cn3c(=O)n(Cc4ccc(Br)cc4)c(=O)c(C)c3s2)ccn1. The Morgan fingerprint density at radius 3 is 2.66 bits per heavy atom. The van der Waals surface area contributed by atoms with Gasteiger partial charge in [-0.3, -0.25) is 18.6 Å². The van der Waals surface area contributed by atoms with Crippen molar-refractivity contribution in [1.29, 1.82) is 0 Å². The number of thiazole rings is 1. The van der Waals surface area contributed by atoms with E-state index in [1.54, 1.807) is 25.3 Å². The van der Waals surface area contributed by atoms with Crippen molar-refractivity contribution in [3.8, 4) is 5.88 Å². The number of ether oxygens (including phenoxy) is 1. The maximum atomic E-state index is 13.0. The van der Waals surface area contributed by atoms with E-state index in [0.717, 1.165) is 26.9 Å². The molecule has 0 saturated carbocycles. The Hall–Kier alpha value is -3.24. The quantitative estimate of drug-likeness (QED) is 0.426. The van der Waals surface area contributed by atoms with Crippen LogP contribution in [0.15, 0.2) is 62.9 Å². The Bertz CT molecular complexity index is 1420. The fraction of sp³-hybridized carbons (Fsp3) is 0.182. The van der Waals surface area contributed by atoms with Gasteiger partial charge in [0.2, 0.25) is 5.88 Å². The fourth-order valence-corrected chi connectivity index (χ4v) is 4.49. The molecule has 0 spiro atoms. The number of aryl methyl sites for hydroxylation is 1. The zero-order valence-electron chi connectivity index (χ0n) is 17.3. The monoisotopic (exact) mass is 514 g/mol. The van der Waals surface area contributed by atoms with Crippen molar-refractivity contribution >= 4 is 38.0 Å². The molecular weight excluding hydrogens is 496 g/mol. The van der Waals surface area contributed by atoms with Gasteiger partial charge in [0.15, 0.2) is 0 Å². The first kappa shape index (κ1) is 22.0. The molecule has 0 unspecified atom stereocenters. The topological polar surface area (TPSA) is 94.7 Å². The van der Waals surface area contributed by atoms with Crippen molar-refractivity contribution < 1.29 is 9.53 Å². The zero-order chi connectivity index (χ0) is 22.8. The second-order valence-electron chi connectivity index (χ2n) is 7.09. The second kappa shape index (κ2) is 9.09. The van der Waals surface area contributed by atoms with Crippen LogP contribution in [0.1, 0.15) is 26.4 Å². The third-order valence-corrected chi connectivity index (χ3v) is 6.67. The summed E-state index contributed by atoms with van der Waals surface area (Å²) in [6, 6.07) is 10.9. The highest BCUT2D eigenvalue weighted by atomic mass is 79.9. The predicted molar refractivity (Wildman–Crippen MR) is 126 cm³/mol. The van der Waals surface area contributed by atoms with E-state index in [4.69, 9.17) is 4.74 Å². The molecule has 0 atom stereocenters. The molecule has 0 aliphatic carbocycles. The van der Waals surface area contributed by atoms with Gasteiger partial charge in [-0.1, -0.05) is 28.1 Å². The third-order valence-electron chi connectivity index (χ3n) is 4.93. The summed E-state index contributed by atoms with van der Waals surface area (Å²) in [5.41, 5.74) is 1.23. The number of hydrogen-bond donors (Lipinski definition) is 1. The van der Waals surface area contributed by atoms with Crippen LogP contribution in [0.5, 0.6) is 5.88 Å². The second-order valence-corrected chi connectivity index (χ2v) is 9.03. The van der Waals surface area contributed by atoms with Crippen LogP contribution >= 0.6 is 27.3 Å². The molecule has 0 radical (unpaired) electrons. The van der Waals surface area contributed by atoms with Crippen LogP contribution in [0, 0.1) is 6.92 Å². The van der Waals surface area contributed by atoms with E-state index >= 15 is 0 Å². The van der Waals surface area contributed by atoms with E-state index < -0.39 is 5.69 Å². The number of nitrogens with one attached hydrogen (secondary N) is 1. The Kier molecular flexibility index (Phi) is 6.24. The number of fused-ring (bicyclic) bond motifs is 1. The third kappa shape index (κ3) is 4.37. The molecule has 1 amide bonds. The average molecular weight is 515 g/mol. The number of rotatable bonds is 6. The van der Waals surface area contributed by atoms with Gasteiger partial charge in [0.1, 0.15) is 9.71 Å². The smallest absolute Gasteiger partial charge is 0.336 e. The summed E-state index contributed by atoms with van der Waals surface area (Å²) in [6.07, 6.45) is 3.08. The minimum atomic E-state index is -0.479. The number of nitrogens with zero attached hydrogens (tertiary/aromatic N) is 3. The molecule has 1 N–H and O–H groups in total. The molecule has 0 bridgehead atoms. The maximum Gasteiger partial charge on any atom is 0.336 e. The van der Waals surface area contributed by atoms with Crippen LogP contribution in [0.25, 0.3) is 4.83 Å². The number of benzene rings is 1. The van der Waals surface area contributed by atoms with E-state index in [1.807, 2.05) is 24.3 Å². The summed E-state index contributed by atoms with van der Waals surface area (Å²) in [7, 11) is 1.52. The lowest BCUT2D eigenvalue weighted by Crippen LogP contribution is -2.38. The molecule has 10 heteroatoms.